The fourth-order valence-corrected chi connectivity index (χ4v) is 3.30. The van der Waals surface area contributed by atoms with Crippen molar-refractivity contribution >= 4 is 27.7 Å². The molecule has 25 heavy (non-hydrogen) atoms. The van der Waals surface area contributed by atoms with E-state index >= 15 is 0 Å². The molecule has 0 radical (unpaired) electrons. The minimum atomic E-state index is -0.298. The molecule has 3 rings (SSSR count). The van der Waals surface area contributed by atoms with E-state index in [-0.39, 0.29) is 25.2 Å². The van der Waals surface area contributed by atoms with Crippen LogP contribution in [0.5, 0.6) is 5.75 Å². The molecule has 0 fully saturated rings. The van der Waals surface area contributed by atoms with Crippen LogP contribution >= 0.6 is 15.9 Å². The predicted molar refractivity (Wildman–Crippen MR) is 94.8 cm³/mol. The van der Waals surface area contributed by atoms with E-state index < -0.39 is 0 Å². The fourth-order valence-electron chi connectivity index (χ4n) is 2.81. The molecule has 0 N–H and O–H groups in total. The van der Waals surface area contributed by atoms with Gasteiger partial charge in [0.05, 0.1) is 23.4 Å². The van der Waals surface area contributed by atoms with Crippen LogP contribution in [0.25, 0.3) is 0 Å². The maximum atomic E-state index is 12.6. The van der Waals surface area contributed by atoms with E-state index in [0.717, 1.165) is 11.1 Å². The van der Waals surface area contributed by atoms with Gasteiger partial charge in [-0.3, -0.25) is 19.5 Å². The smallest absolute Gasteiger partial charge is 0.261 e. The standard InChI is InChI=1S/C18H17BrN2O4/c1-11-16(25-10-24-2)15(12(7-19)8-20-11)9-21-17(22)13-5-3-4-6-14(13)18(21)23/h3-6,8H,7,9-10H2,1-2H3. The first-order valence-electron chi connectivity index (χ1n) is 7.68. The number of carbonyl (C=O) groups is 2. The zero-order valence-corrected chi connectivity index (χ0v) is 15.5. The molecular weight excluding hydrogens is 388 g/mol. The van der Waals surface area contributed by atoms with Crippen LogP contribution in [-0.2, 0) is 16.6 Å². The first-order valence-corrected chi connectivity index (χ1v) is 8.81. The Labute approximate surface area is 153 Å². The number of rotatable bonds is 6. The summed E-state index contributed by atoms with van der Waals surface area (Å²) in [6, 6.07) is 6.84. The number of alkyl halides is 1. The second-order valence-electron chi connectivity index (χ2n) is 5.60. The number of aryl methyl sites for hydroxylation is 1. The molecule has 0 saturated carbocycles. The minimum Gasteiger partial charge on any atom is -0.465 e. The lowest BCUT2D eigenvalue weighted by Crippen LogP contribution is -2.30. The van der Waals surface area contributed by atoms with Gasteiger partial charge in [0.2, 0.25) is 0 Å². The van der Waals surface area contributed by atoms with Gasteiger partial charge in [-0.15, -0.1) is 0 Å². The third-order valence-corrected chi connectivity index (χ3v) is 4.67. The fraction of sp³-hybridized carbons (Fsp3) is 0.278. The largest absolute Gasteiger partial charge is 0.465 e. The van der Waals surface area contributed by atoms with E-state index in [0.29, 0.717) is 27.9 Å². The van der Waals surface area contributed by atoms with Crippen LogP contribution in [0.4, 0.5) is 0 Å². The quantitative estimate of drug-likeness (QED) is 0.420. The molecule has 130 valence electrons. The number of benzene rings is 1. The number of amides is 2. The topological polar surface area (TPSA) is 68.7 Å². The summed E-state index contributed by atoms with van der Waals surface area (Å²) in [4.78, 5) is 30.8. The average molecular weight is 405 g/mol. The van der Waals surface area contributed by atoms with Gasteiger partial charge < -0.3 is 9.47 Å². The van der Waals surface area contributed by atoms with Crippen molar-refractivity contribution in [3.8, 4) is 5.75 Å². The Morgan fingerprint density at radius 3 is 2.36 bits per heavy atom. The number of hydrogen-bond donors (Lipinski definition) is 0. The van der Waals surface area contributed by atoms with Gasteiger partial charge in [-0.1, -0.05) is 28.1 Å². The summed E-state index contributed by atoms with van der Waals surface area (Å²) >= 11 is 3.43. The summed E-state index contributed by atoms with van der Waals surface area (Å²) in [5.41, 5.74) is 3.13. The number of fused-ring (bicyclic) bond motifs is 1. The van der Waals surface area contributed by atoms with Crippen molar-refractivity contribution in [3.63, 3.8) is 0 Å². The maximum Gasteiger partial charge on any atom is 0.261 e. The molecule has 2 aromatic rings. The van der Waals surface area contributed by atoms with Gasteiger partial charge in [-0.2, -0.15) is 0 Å². The van der Waals surface area contributed by atoms with E-state index in [4.69, 9.17) is 9.47 Å². The highest BCUT2D eigenvalue weighted by molar-refractivity contribution is 9.08. The molecule has 6 nitrogen and oxygen atoms in total. The number of methoxy groups -OCH3 is 1. The van der Waals surface area contributed by atoms with Crippen molar-refractivity contribution < 1.29 is 19.1 Å². The molecule has 0 bridgehead atoms. The molecule has 1 aromatic carbocycles. The van der Waals surface area contributed by atoms with Gasteiger partial charge in [0, 0.05) is 24.2 Å². The van der Waals surface area contributed by atoms with E-state index in [2.05, 4.69) is 20.9 Å². The van der Waals surface area contributed by atoms with Crippen LogP contribution in [0.15, 0.2) is 30.5 Å². The third-order valence-electron chi connectivity index (χ3n) is 4.06. The number of nitrogens with zero attached hydrogens (tertiary/aromatic N) is 2. The average Bonchev–Trinajstić information content (AvgIpc) is 2.87. The number of hydrogen-bond acceptors (Lipinski definition) is 5. The molecule has 1 aliphatic heterocycles. The van der Waals surface area contributed by atoms with Crippen LogP contribution in [0.2, 0.25) is 0 Å². The monoisotopic (exact) mass is 404 g/mol. The van der Waals surface area contributed by atoms with Crippen molar-refractivity contribution in [2.75, 3.05) is 13.9 Å². The Kier molecular flexibility index (Phi) is 5.15. The molecular formula is C18H17BrN2O4. The van der Waals surface area contributed by atoms with Crippen molar-refractivity contribution in [1.29, 1.82) is 0 Å². The Bertz CT molecular complexity index is 803. The summed E-state index contributed by atoms with van der Waals surface area (Å²) in [7, 11) is 1.53. The van der Waals surface area contributed by atoms with Crippen LogP contribution in [0, 0.1) is 6.92 Å². The molecule has 0 unspecified atom stereocenters. The lowest BCUT2D eigenvalue weighted by Gasteiger charge is -2.20. The van der Waals surface area contributed by atoms with Crippen molar-refractivity contribution in [2.45, 2.75) is 18.8 Å². The van der Waals surface area contributed by atoms with E-state index in [1.165, 1.54) is 12.0 Å². The number of carbonyl (C=O) groups excluding carboxylic acids is 2. The summed E-state index contributed by atoms with van der Waals surface area (Å²) in [6.07, 6.45) is 1.72. The molecule has 1 aliphatic rings. The van der Waals surface area contributed by atoms with E-state index in [1.54, 1.807) is 30.5 Å². The molecule has 0 atom stereocenters. The third kappa shape index (κ3) is 3.17. The maximum absolute atomic E-state index is 12.6. The first kappa shape index (κ1) is 17.6. The van der Waals surface area contributed by atoms with E-state index in [9.17, 15) is 9.59 Å². The van der Waals surface area contributed by atoms with E-state index in [1.807, 2.05) is 6.92 Å². The van der Waals surface area contributed by atoms with Crippen molar-refractivity contribution in [3.05, 3.63) is 58.4 Å². The zero-order valence-electron chi connectivity index (χ0n) is 13.9. The Morgan fingerprint density at radius 2 is 1.80 bits per heavy atom. The normalized spacial score (nSPS) is 13.3. The predicted octanol–water partition coefficient (Wildman–Crippen LogP) is 3.06. The Hall–Kier alpha value is -2.25. The molecule has 0 spiro atoms. The zero-order chi connectivity index (χ0) is 18.0. The number of aromatic nitrogens is 1. The highest BCUT2D eigenvalue weighted by atomic mass is 79.9. The van der Waals surface area contributed by atoms with Gasteiger partial charge in [0.1, 0.15) is 5.75 Å². The summed E-state index contributed by atoms with van der Waals surface area (Å²) in [6.45, 7) is 1.99. The highest BCUT2D eigenvalue weighted by Crippen LogP contribution is 2.31. The van der Waals surface area contributed by atoms with Gasteiger partial charge in [-0.25, -0.2) is 0 Å². The number of halogens is 1. The van der Waals surface area contributed by atoms with Crippen LogP contribution in [0.1, 0.15) is 37.5 Å². The molecule has 1 aromatic heterocycles. The lowest BCUT2D eigenvalue weighted by molar-refractivity contribution is 0.0484. The van der Waals surface area contributed by atoms with Gasteiger partial charge in [0.25, 0.3) is 11.8 Å². The summed E-state index contributed by atoms with van der Waals surface area (Å²) < 4.78 is 10.6. The summed E-state index contributed by atoms with van der Waals surface area (Å²) in [5.74, 6) is -0.0584. The first-order chi connectivity index (χ1) is 12.1. The molecule has 0 saturated heterocycles. The number of pyridine rings is 1. The summed E-state index contributed by atoms with van der Waals surface area (Å²) in [5, 5.41) is 0.530. The van der Waals surface area contributed by atoms with Gasteiger partial charge >= 0.3 is 0 Å². The second-order valence-corrected chi connectivity index (χ2v) is 6.16. The van der Waals surface area contributed by atoms with Gasteiger partial charge in [0.15, 0.2) is 6.79 Å². The Morgan fingerprint density at radius 1 is 1.16 bits per heavy atom. The lowest BCUT2D eigenvalue weighted by atomic mass is 10.1. The van der Waals surface area contributed by atoms with Crippen molar-refractivity contribution in [2.24, 2.45) is 0 Å². The SMILES string of the molecule is COCOc1c(C)ncc(CBr)c1CN1C(=O)c2ccccc2C1=O. The van der Waals surface area contributed by atoms with Crippen molar-refractivity contribution in [1.82, 2.24) is 9.88 Å². The molecule has 0 aliphatic carbocycles. The second kappa shape index (κ2) is 7.33. The highest BCUT2D eigenvalue weighted by Gasteiger charge is 2.36. The molecule has 2 heterocycles. The van der Waals surface area contributed by atoms with Crippen LogP contribution < -0.4 is 4.74 Å². The Balaban J connectivity index is 1.99. The number of imide groups is 1. The van der Waals surface area contributed by atoms with Gasteiger partial charge in [-0.05, 0) is 24.6 Å². The van der Waals surface area contributed by atoms with Crippen LogP contribution in [0.3, 0.4) is 0 Å². The van der Waals surface area contributed by atoms with Crippen LogP contribution in [-0.4, -0.2) is 35.6 Å². The minimum absolute atomic E-state index is 0.0589. The molecule has 2 amide bonds. The number of ether oxygens (including phenoxy) is 2. The molecule has 7 heteroatoms.